The van der Waals surface area contributed by atoms with Gasteiger partial charge >= 0.3 is 0 Å². The molecule has 0 spiro atoms. The SMILES string of the molecule is COc1cc(C(C)=O)ccc1O[C@@H](C)C(=O)Nc1ccc(Cl)cc1Cl. The van der Waals surface area contributed by atoms with Crippen molar-refractivity contribution < 1.29 is 19.1 Å². The normalized spacial score (nSPS) is 11.6. The van der Waals surface area contributed by atoms with E-state index in [1.165, 1.54) is 20.1 Å². The smallest absolute Gasteiger partial charge is 0.265 e. The first-order valence-electron chi connectivity index (χ1n) is 7.43. The summed E-state index contributed by atoms with van der Waals surface area (Å²) in [6.07, 6.45) is -0.816. The van der Waals surface area contributed by atoms with Gasteiger partial charge in [0.1, 0.15) is 0 Å². The second kappa shape index (κ2) is 8.23. The number of ketones is 1. The minimum Gasteiger partial charge on any atom is -0.493 e. The van der Waals surface area contributed by atoms with Gasteiger partial charge in [-0.15, -0.1) is 0 Å². The molecule has 0 bridgehead atoms. The van der Waals surface area contributed by atoms with Gasteiger partial charge in [0.2, 0.25) is 0 Å². The van der Waals surface area contributed by atoms with Gasteiger partial charge in [-0.3, -0.25) is 9.59 Å². The molecule has 0 aliphatic heterocycles. The first kappa shape index (κ1) is 19.1. The summed E-state index contributed by atoms with van der Waals surface area (Å²) in [5.41, 5.74) is 0.930. The summed E-state index contributed by atoms with van der Waals surface area (Å²) in [6.45, 7) is 3.05. The molecule has 1 N–H and O–H groups in total. The Hall–Kier alpha value is -2.24. The summed E-state index contributed by atoms with van der Waals surface area (Å²) in [4.78, 5) is 23.7. The molecule has 0 unspecified atom stereocenters. The highest BCUT2D eigenvalue weighted by molar-refractivity contribution is 6.36. The van der Waals surface area contributed by atoms with Crippen LogP contribution in [0.15, 0.2) is 36.4 Å². The number of hydrogen-bond acceptors (Lipinski definition) is 4. The summed E-state index contributed by atoms with van der Waals surface area (Å²) in [7, 11) is 1.46. The van der Waals surface area contributed by atoms with Gasteiger partial charge < -0.3 is 14.8 Å². The Kier molecular flexibility index (Phi) is 6.28. The summed E-state index contributed by atoms with van der Waals surface area (Å²) < 4.78 is 10.9. The van der Waals surface area contributed by atoms with Gasteiger partial charge in [0, 0.05) is 10.6 Å². The van der Waals surface area contributed by atoms with Crippen LogP contribution in [0.25, 0.3) is 0 Å². The molecule has 0 fully saturated rings. The molecule has 0 aliphatic rings. The highest BCUT2D eigenvalue weighted by atomic mass is 35.5. The zero-order valence-electron chi connectivity index (χ0n) is 13.9. The number of rotatable bonds is 6. The maximum absolute atomic E-state index is 12.3. The Bertz CT molecular complexity index is 808. The molecule has 0 aromatic heterocycles. The van der Waals surface area contributed by atoms with Crippen molar-refractivity contribution in [3.63, 3.8) is 0 Å². The van der Waals surface area contributed by atoms with Crippen LogP contribution in [-0.2, 0) is 4.79 Å². The van der Waals surface area contributed by atoms with Crippen molar-refractivity contribution in [1.82, 2.24) is 0 Å². The van der Waals surface area contributed by atoms with Crippen LogP contribution in [0, 0.1) is 0 Å². The molecule has 7 heteroatoms. The Morgan fingerprint density at radius 2 is 1.80 bits per heavy atom. The van der Waals surface area contributed by atoms with Gasteiger partial charge in [0.05, 0.1) is 17.8 Å². The molecule has 25 heavy (non-hydrogen) atoms. The molecule has 5 nitrogen and oxygen atoms in total. The molecule has 0 radical (unpaired) electrons. The molecule has 0 aliphatic carbocycles. The van der Waals surface area contributed by atoms with Crippen LogP contribution < -0.4 is 14.8 Å². The number of halogens is 2. The highest BCUT2D eigenvalue weighted by Gasteiger charge is 2.18. The number of nitrogens with one attached hydrogen (secondary N) is 1. The van der Waals surface area contributed by atoms with E-state index < -0.39 is 6.10 Å². The van der Waals surface area contributed by atoms with Crippen LogP contribution in [-0.4, -0.2) is 24.9 Å². The number of benzene rings is 2. The van der Waals surface area contributed by atoms with E-state index in [1.54, 1.807) is 37.3 Å². The zero-order valence-corrected chi connectivity index (χ0v) is 15.4. The van der Waals surface area contributed by atoms with Gasteiger partial charge in [-0.25, -0.2) is 0 Å². The molecule has 0 heterocycles. The summed E-state index contributed by atoms with van der Waals surface area (Å²) in [5, 5.41) is 3.48. The number of ether oxygens (including phenoxy) is 2. The van der Waals surface area contributed by atoms with Gasteiger partial charge in [-0.05, 0) is 50.2 Å². The molecular weight excluding hydrogens is 365 g/mol. The molecule has 0 saturated heterocycles. The lowest BCUT2D eigenvalue weighted by Gasteiger charge is -2.17. The van der Waals surface area contributed by atoms with Crippen molar-refractivity contribution >= 4 is 40.6 Å². The molecular formula is C18H17Cl2NO4. The molecule has 1 amide bonds. The first-order chi connectivity index (χ1) is 11.8. The third kappa shape index (κ3) is 4.87. The number of amides is 1. The summed E-state index contributed by atoms with van der Waals surface area (Å²) >= 11 is 11.9. The predicted octanol–water partition coefficient (Wildman–Crippen LogP) is 4.61. The fourth-order valence-corrected chi connectivity index (χ4v) is 2.51. The first-order valence-corrected chi connectivity index (χ1v) is 8.19. The average molecular weight is 382 g/mol. The van der Waals surface area contributed by atoms with E-state index in [0.717, 1.165) is 0 Å². The molecule has 2 aromatic carbocycles. The van der Waals surface area contributed by atoms with Gasteiger partial charge in [-0.2, -0.15) is 0 Å². The quantitative estimate of drug-likeness (QED) is 0.741. The van der Waals surface area contributed by atoms with Crippen molar-refractivity contribution in [1.29, 1.82) is 0 Å². The van der Waals surface area contributed by atoms with Gasteiger partial charge in [0.15, 0.2) is 23.4 Å². The lowest BCUT2D eigenvalue weighted by molar-refractivity contribution is -0.122. The number of carbonyl (C=O) groups excluding carboxylic acids is 2. The van der Waals surface area contributed by atoms with Gasteiger partial charge in [0.25, 0.3) is 5.91 Å². The highest BCUT2D eigenvalue weighted by Crippen LogP contribution is 2.30. The monoisotopic (exact) mass is 381 g/mol. The standard InChI is InChI=1S/C18H17Cl2NO4/c1-10(22)12-4-7-16(17(8-12)24-3)25-11(2)18(23)21-15-6-5-13(19)9-14(15)20/h4-9,11H,1-3H3,(H,21,23)/t11-/m0/s1. The Labute approximate surface area is 155 Å². The number of anilines is 1. The maximum atomic E-state index is 12.3. The number of carbonyl (C=O) groups is 2. The maximum Gasteiger partial charge on any atom is 0.265 e. The van der Waals surface area contributed by atoms with Crippen LogP contribution >= 0.6 is 23.2 Å². The van der Waals surface area contributed by atoms with Crippen molar-refractivity contribution in [2.45, 2.75) is 20.0 Å². The number of Topliss-reactive ketones (excluding diaryl/α,β-unsaturated/α-hetero) is 1. The van der Waals surface area contributed by atoms with Gasteiger partial charge in [-0.1, -0.05) is 23.2 Å². The topological polar surface area (TPSA) is 64.6 Å². The van der Waals surface area contributed by atoms with Crippen molar-refractivity contribution in [2.75, 3.05) is 12.4 Å². The molecule has 2 aromatic rings. The van der Waals surface area contributed by atoms with E-state index in [-0.39, 0.29) is 11.7 Å². The predicted molar refractivity (Wildman–Crippen MR) is 98.2 cm³/mol. The van der Waals surface area contributed by atoms with E-state index in [2.05, 4.69) is 5.32 Å². The minimum absolute atomic E-state index is 0.0898. The fraction of sp³-hybridized carbons (Fsp3) is 0.222. The Morgan fingerprint density at radius 1 is 1.08 bits per heavy atom. The van der Waals surface area contributed by atoms with Crippen molar-refractivity contribution in [3.05, 3.63) is 52.0 Å². The largest absolute Gasteiger partial charge is 0.493 e. The van der Waals surface area contributed by atoms with Crippen LogP contribution in [0.3, 0.4) is 0 Å². The van der Waals surface area contributed by atoms with E-state index in [1.807, 2.05) is 0 Å². The lowest BCUT2D eigenvalue weighted by atomic mass is 10.1. The third-order valence-electron chi connectivity index (χ3n) is 3.43. The second-order valence-corrected chi connectivity index (χ2v) is 6.14. The molecule has 1 atom stereocenters. The van der Waals surface area contributed by atoms with Crippen molar-refractivity contribution in [2.24, 2.45) is 0 Å². The van der Waals surface area contributed by atoms with E-state index in [4.69, 9.17) is 32.7 Å². The summed E-state index contributed by atoms with van der Waals surface area (Å²) in [6, 6.07) is 9.54. The number of methoxy groups -OCH3 is 1. The Morgan fingerprint density at radius 3 is 2.40 bits per heavy atom. The lowest BCUT2D eigenvalue weighted by Crippen LogP contribution is -2.30. The van der Waals surface area contributed by atoms with E-state index in [9.17, 15) is 9.59 Å². The van der Waals surface area contributed by atoms with Crippen LogP contribution in [0.5, 0.6) is 11.5 Å². The number of hydrogen-bond donors (Lipinski definition) is 1. The molecule has 2 rings (SSSR count). The molecule has 132 valence electrons. The average Bonchev–Trinajstić information content (AvgIpc) is 2.57. The summed E-state index contributed by atoms with van der Waals surface area (Å²) in [5.74, 6) is 0.254. The van der Waals surface area contributed by atoms with E-state index in [0.29, 0.717) is 32.8 Å². The zero-order chi connectivity index (χ0) is 18.6. The van der Waals surface area contributed by atoms with Crippen molar-refractivity contribution in [3.8, 4) is 11.5 Å². The van der Waals surface area contributed by atoms with E-state index >= 15 is 0 Å². The van der Waals surface area contributed by atoms with Crippen LogP contribution in [0.2, 0.25) is 10.0 Å². The van der Waals surface area contributed by atoms with Crippen LogP contribution in [0.4, 0.5) is 5.69 Å². The minimum atomic E-state index is -0.816. The second-order valence-electron chi connectivity index (χ2n) is 5.30. The Balaban J connectivity index is 2.11. The molecule has 0 saturated carbocycles. The fourth-order valence-electron chi connectivity index (χ4n) is 2.05. The third-order valence-corrected chi connectivity index (χ3v) is 3.98. The van der Waals surface area contributed by atoms with Crippen LogP contribution in [0.1, 0.15) is 24.2 Å².